The smallest absolute Gasteiger partial charge is 0.252 e. The number of nitrogens with one attached hydrogen (secondary N) is 1. The van der Waals surface area contributed by atoms with Crippen LogP contribution in [-0.2, 0) is 9.47 Å². The van der Waals surface area contributed by atoms with Crippen LogP contribution in [0.1, 0.15) is 29.8 Å². The van der Waals surface area contributed by atoms with Crippen LogP contribution in [0.25, 0.3) is 0 Å². The van der Waals surface area contributed by atoms with Gasteiger partial charge in [0.15, 0.2) is 6.29 Å². The maximum Gasteiger partial charge on any atom is 0.252 e. The molecule has 106 valence electrons. The van der Waals surface area contributed by atoms with Crippen molar-refractivity contribution in [2.24, 2.45) is 0 Å². The molecule has 0 atom stereocenters. The summed E-state index contributed by atoms with van der Waals surface area (Å²) in [6, 6.07) is 5.62. The molecule has 0 heterocycles. The zero-order chi connectivity index (χ0) is 14.3. The molecule has 1 aromatic rings. The highest BCUT2D eigenvalue weighted by atomic mass is 79.9. The Hall–Kier alpha value is -0.910. The zero-order valence-corrected chi connectivity index (χ0v) is 13.1. The third-order valence-electron chi connectivity index (χ3n) is 2.50. The quantitative estimate of drug-likeness (QED) is 0.782. The molecule has 0 spiro atoms. The lowest BCUT2D eigenvalue weighted by molar-refractivity contribution is -0.131. The summed E-state index contributed by atoms with van der Waals surface area (Å²) < 4.78 is 11.5. The molecule has 1 aromatic carbocycles. The summed E-state index contributed by atoms with van der Waals surface area (Å²) in [5.41, 5.74) is 1.71. The molecule has 0 aliphatic heterocycles. The van der Waals surface area contributed by atoms with E-state index >= 15 is 0 Å². The number of hydrogen-bond acceptors (Lipinski definition) is 3. The number of aryl methyl sites for hydroxylation is 1. The molecule has 5 heteroatoms. The minimum absolute atomic E-state index is 0.142. The number of rotatable bonds is 7. The lowest BCUT2D eigenvalue weighted by Gasteiger charge is -2.17. The summed E-state index contributed by atoms with van der Waals surface area (Å²) in [5, 5.41) is 2.81. The van der Waals surface area contributed by atoms with Crippen LogP contribution in [0.4, 0.5) is 0 Å². The average Bonchev–Trinajstić information content (AvgIpc) is 2.36. The van der Waals surface area contributed by atoms with Crippen LogP contribution in [0.5, 0.6) is 0 Å². The Balaban J connectivity index is 2.58. The van der Waals surface area contributed by atoms with Crippen LogP contribution in [-0.4, -0.2) is 32.0 Å². The first-order valence-corrected chi connectivity index (χ1v) is 7.15. The molecule has 0 aromatic heterocycles. The summed E-state index contributed by atoms with van der Waals surface area (Å²) in [4.78, 5) is 12.0. The highest BCUT2D eigenvalue weighted by Gasteiger charge is 2.13. The van der Waals surface area contributed by atoms with Gasteiger partial charge >= 0.3 is 0 Å². The van der Waals surface area contributed by atoms with E-state index in [-0.39, 0.29) is 5.91 Å². The van der Waals surface area contributed by atoms with E-state index in [0.717, 1.165) is 10.0 Å². The van der Waals surface area contributed by atoms with E-state index in [1.807, 2.05) is 32.9 Å². The van der Waals surface area contributed by atoms with Crippen molar-refractivity contribution in [3.8, 4) is 0 Å². The van der Waals surface area contributed by atoms with Gasteiger partial charge in [0.05, 0.1) is 12.1 Å². The minimum atomic E-state index is -0.400. The topological polar surface area (TPSA) is 47.6 Å². The fourth-order valence-corrected chi connectivity index (χ4v) is 2.29. The van der Waals surface area contributed by atoms with Gasteiger partial charge in [-0.1, -0.05) is 6.07 Å². The average molecular weight is 330 g/mol. The number of amides is 1. The third kappa shape index (κ3) is 5.30. The van der Waals surface area contributed by atoms with Crippen molar-refractivity contribution in [3.05, 3.63) is 33.8 Å². The highest BCUT2D eigenvalue weighted by Crippen LogP contribution is 2.18. The maximum absolute atomic E-state index is 12.0. The third-order valence-corrected chi connectivity index (χ3v) is 3.16. The molecule has 1 N–H and O–H groups in total. The fourth-order valence-electron chi connectivity index (χ4n) is 1.61. The van der Waals surface area contributed by atoms with Gasteiger partial charge in [0.25, 0.3) is 5.91 Å². The predicted octanol–water partition coefficient (Wildman–Crippen LogP) is 2.89. The Morgan fingerprint density at radius 1 is 1.32 bits per heavy atom. The van der Waals surface area contributed by atoms with Gasteiger partial charge in [-0.05, 0) is 54.4 Å². The van der Waals surface area contributed by atoms with Crippen molar-refractivity contribution in [2.75, 3.05) is 19.8 Å². The summed E-state index contributed by atoms with van der Waals surface area (Å²) in [5.74, 6) is -0.142. The van der Waals surface area contributed by atoms with Crippen molar-refractivity contribution >= 4 is 21.8 Å². The molecule has 0 saturated carbocycles. The van der Waals surface area contributed by atoms with Crippen molar-refractivity contribution < 1.29 is 14.3 Å². The molecule has 0 aliphatic rings. The van der Waals surface area contributed by atoms with E-state index in [9.17, 15) is 4.79 Å². The van der Waals surface area contributed by atoms with E-state index in [0.29, 0.717) is 25.3 Å². The van der Waals surface area contributed by atoms with Crippen LogP contribution in [0.15, 0.2) is 22.7 Å². The second kappa shape index (κ2) is 8.30. The van der Waals surface area contributed by atoms with E-state index in [1.165, 1.54) is 0 Å². The van der Waals surface area contributed by atoms with Crippen molar-refractivity contribution in [1.29, 1.82) is 0 Å². The lowest BCUT2D eigenvalue weighted by atomic mass is 10.1. The summed E-state index contributed by atoms with van der Waals surface area (Å²) in [7, 11) is 0. The Kier molecular flexibility index (Phi) is 7.05. The molecule has 0 aliphatic carbocycles. The first-order valence-electron chi connectivity index (χ1n) is 6.36. The van der Waals surface area contributed by atoms with Crippen LogP contribution in [0.2, 0.25) is 0 Å². The summed E-state index contributed by atoms with van der Waals surface area (Å²) in [6.45, 7) is 7.20. The number of benzene rings is 1. The van der Waals surface area contributed by atoms with Gasteiger partial charge in [-0.2, -0.15) is 0 Å². The standard InChI is InChI=1S/C14H20BrNO3/c1-4-18-13(19-5-2)9-16-14(17)11-7-6-10(3)8-12(11)15/h6-8,13H,4-5,9H2,1-3H3,(H,16,17). The Bertz CT molecular complexity index is 417. The number of hydrogen-bond donors (Lipinski definition) is 1. The highest BCUT2D eigenvalue weighted by molar-refractivity contribution is 9.10. The molecule has 0 saturated heterocycles. The Morgan fingerprint density at radius 2 is 1.95 bits per heavy atom. The van der Waals surface area contributed by atoms with Crippen molar-refractivity contribution in [1.82, 2.24) is 5.32 Å². The van der Waals surface area contributed by atoms with E-state index < -0.39 is 6.29 Å². The molecule has 0 fully saturated rings. The normalized spacial score (nSPS) is 10.8. The fraction of sp³-hybridized carbons (Fsp3) is 0.500. The SMILES string of the molecule is CCOC(CNC(=O)c1ccc(C)cc1Br)OCC. The molecular weight excluding hydrogens is 310 g/mol. The summed E-state index contributed by atoms with van der Waals surface area (Å²) >= 11 is 3.39. The summed E-state index contributed by atoms with van der Waals surface area (Å²) in [6.07, 6.45) is -0.400. The second-order valence-electron chi connectivity index (χ2n) is 4.03. The van der Waals surface area contributed by atoms with Gasteiger partial charge in [0.1, 0.15) is 0 Å². The van der Waals surface area contributed by atoms with E-state index in [1.54, 1.807) is 6.07 Å². The van der Waals surface area contributed by atoms with Crippen LogP contribution in [0.3, 0.4) is 0 Å². The Labute approximate surface area is 122 Å². The van der Waals surface area contributed by atoms with Crippen LogP contribution in [0, 0.1) is 6.92 Å². The number of carbonyl (C=O) groups excluding carboxylic acids is 1. The van der Waals surface area contributed by atoms with Crippen molar-refractivity contribution in [2.45, 2.75) is 27.1 Å². The molecule has 0 radical (unpaired) electrons. The minimum Gasteiger partial charge on any atom is -0.351 e. The molecule has 1 rings (SSSR count). The van der Waals surface area contributed by atoms with Crippen LogP contribution < -0.4 is 5.32 Å². The molecule has 0 bridgehead atoms. The number of ether oxygens (including phenoxy) is 2. The van der Waals surface area contributed by atoms with Gasteiger partial charge in [-0.15, -0.1) is 0 Å². The first-order chi connectivity index (χ1) is 9.08. The van der Waals surface area contributed by atoms with E-state index in [4.69, 9.17) is 9.47 Å². The number of carbonyl (C=O) groups is 1. The molecule has 1 amide bonds. The zero-order valence-electron chi connectivity index (χ0n) is 11.5. The second-order valence-corrected chi connectivity index (χ2v) is 4.89. The molecular formula is C14H20BrNO3. The molecule has 19 heavy (non-hydrogen) atoms. The molecule has 0 unspecified atom stereocenters. The van der Waals surface area contributed by atoms with Gasteiger partial charge in [0.2, 0.25) is 0 Å². The van der Waals surface area contributed by atoms with Crippen LogP contribution >= 0.6 is 15.9 Å². The number of halogens is 1. The monoisotopic (exact) mass is 329 g/mol. The van der Waals surface area contributed by atoms with Gasteiger partial charge in [-0.25, -0.2) is 0 Å². The van der Waals surface area contributed by atoms with E-state index in [2.05, 4.69) is 21.2 Å². The predicted molar refractivity (Wildman–Crippen MR) is 78.3 cm³/mol. The Morgan fingerprint density at radius 3 is 2.47 bits per heavy atom. The van der Waals surface area contributed by atoms with Gasteiger partial charge in [-0.3, -0.25) is 4.79 Å². The lowest BCUT2D eigenvalue weighted by Crippen LogP contribution is -2.35. The first kappa shape index (κ1) is 16.1. The van der Waals surface area contributed by atoms with Crippen molar-refractivity contribution in [3.63, 3.8) is 0 Å². The van der Waals surface area contributed by atoms with Gasteiger partial charge < -0.3 is 14.8 Å². The largest absolute Gasteiger partial charge is 0.351 e. The van der Waals surface area contributed by atoms with Gasteiger partial charge in [0, 0.05) is 17.7 Å². The molecule has 4 nitrogen and oxygen atoms in total. The maximum atomic E-state index is 12.0.